The van der Waals surface area contributed by atoms with Crippen molar-refractivity contribution < 1.29 is 9.20 Å². The van der Waals surface area contributed by atoms with Crippen molar-refractivity contribution in [2.45, 2.75) is 25.1 Å². The van der Waals surface area contributed by atoms with Crippen LogP contribution in [0.25, 0.3) is 0 Å². The fourth-order valence-corrected chi connectivity index (χ4v) is 2.10. The minimum absolute atomic E-state index is 0.342. The van der Waals surface area contributed by atoms with Crippen molar-refractivity contribution in [1.82, 2.24) is 0 Å². The Labute approximate surface area is 85.6 Å². The number of hydrogen-bond acceptors (Lipinski definition) is 2. The van der Waals surface area contributed by atoms with Gasteiger partial charge in [0.2, 0.25) is 0 Å². The Hall–Kier alpha value is -0.803. The lowest BCUT2D eigenvalue weighted by Crippen LogP contribution is -1.94. The van der Waals surface area contributed by atoms with E-state index in [2.05, 4.69) is 24.3 Å². The summed E-state index contributed by atoms with van der Waals surface area (Å²) >= 11 is 0. The molecule has 0 aromatic heterocycles. The van der Waals surface area contributed by atoms with Crippen LogP contribution in [0.2, 0.25) is 12.6 Å². The molecule has 1 aliphatic rings. The minimum Gasteiger partial charge on any atom is -0.389 e. The first-order valence-electron chi connectivity index (χ1n) is 4.95. The molecule has 0 aliphatic carbocycles. The van der Waals surface area contributed by atoms with Crippen molar-refractivity contribution in [3.05, 3.63) is 35.4 Å². The van der Waals surface area contributed by atoms with Gasteiger partial charge in [-0.05, 0) is 30.1 Å². The van der Waals surface area contributed by atoms with E-state index >= 15 is 0 Å². The summed E-state index contributed by atoms with van der Waals surface area (Å²) in [6.07, 6.45) is 1.27. The highest BCUT2D eigenvalue weighted by molar-refractivity contribution is 6.40. The molecule has 1 aliphatic heterocycles. The van der Waals surface area contributed by atoms with E-state index in [1.807, 2.05) is 6.55 Å². The predicted molar refractivity (Wildman–Crippen MR) is 56.0 cm³/mol. The molecule has 1 atom stereocenters. The summed E-state index contributed by atoms with van der Waals surface area (Å²) in [5.74, 6) is 0. The lowest BCUT2D eigenvalue weighted by Gasteiger charge is -2.00. The first-order valence-corrected chi connectivity index (χ1v) is 7.07. The quantitative estimate of drug-likeness (QED) is 0.559. The van der Waals surface area contributed by atoms with E-state index in [9.17, 15) is 4.46 Å². The number of benzene rings is 1. The molecule has 14 heavy (non-hydrogen) atoms. The molecule has 1 fully saturated rings. The first kappa shape index (κ1) is 9.74. The molecule has 0 radical (unpaired) electrons. The van der Waals surface area contributed by atoms with Crippen LogP contribution in [0.3, 0.4) is 0 Å². The summed E-state index contributed by atoms with van der Waals surface area (Å²) in [4.78, 5) is 0. The molecule has 1 aromatic rings. The van der Waals surface area contributed by atoms with E-state index in [0.717, 1.165) is 19.1 Å². The topological polar surface area (TPSA) is 29.6 Å². The van der Waals surface area contributed by atoms with Crippen LogP contribution in [-0.2, 0) is 15.6 Å². The molecule has 0 spiro atoms. The molecular formula is C11H14O2Si. The lowest BCUT2D eigenvalue weighted by atomic mass is 10.1. The van der Waals surface area contributed by atoms with Crippen molar-refractivity contribution in [2.75, 3.05) is 6.61 Å². The van der Waals surface area contributed by atoms with Crippen LogP contribution in [0.5, 0.6) is 0 Å². The first-order chi connectivity index (χ1) is 6.75. The number of hydrogen-bond donors (Lipinski definition) is 0. The van der Waals surface area contributed by atoms with Crippen LogP contribution in [0.4, 0.5) is 0 Å². The second-order valence-electron chi connectivity index (χ2n) is 3.77. The fourth-order valence-electron chi connectivity index (χ4n) is 1.46. The van der Waals surface area contributed by atoms with E-state index in [1.54, 1.807) is 0 Å². The smallest absolute Gasteiger partial charge is 0.273 e. The summed E-state index contributed by atoms with van der Waals surface area (Å²) in [5, 5.41) is 0. The molecule has 1 heterocycles. The number of rotatable bonds is 4. The van der Waals surface area contributed by atoms with Crippen molar-refractivity contribution in [3.63, 3.8) is 0 Å². The number of ether oxygens (including phenoxy) is 1. The van der Waals surface area contributed by atoms with Crippen molar-refractivity contribution in [1.29, 1.82) is 0 Å². The maximum Gasteiger partial charge on any atom is 0.273 e. The largest absolute Gasteiger partial charge is 0.389 e. The summed E-state index contributed by atoms with van der Waals surface area (Å²) in [6, 6.07) is 9.27. The summed E-state index contributed by atoms with van der Waals surface area (Å²) < 4.78 is 16.2. The Morgan fingerprint density at radius 1 is 1.43 bits per heavy atom. The Bertz CT molecular complexity index is 328. The van der Waals surface area contributed by atoms with E-state index in [-0.39, 0.29) is 0 Å². The van der Waals surface area contributed by atoms with Gasteiger partial charge in [0.05, 0.1) is 6.61 Å². The molecule has 2 nitrogen and oxygen atoms in total. The normalized spacial score (nSPS) is 19.4. The molecule has 1 aromatic carbocycles. The van der Waals surface area contributed by atoms with Crippen LogP contribution < -0.4 is 0 Å². The third-order valence-corrected chi connectivity index (χ3v) is 3.40. The Kier molecular flexibility index (Phi) is 2.89. The summed E-state index contributed by atoms with van der Waals surface area (Å²) in [7, 11) is -1.32. The van der Waals surface area contributed by atoms with Gasteiger partial charge in [0, 0.05) is 0 Å². The third kappa shape index (κ3) is 2.59. The van der Waals surface area contributed by atoms with E-state index in [0.29, 0.717) is 6.10 Å². The van der Waals surface area contributed by atoms with Gasteiger partial charge in [-0.25, -0.2) is 0 Å². The second kappa shape index (κ2) is 4.15. The zero-order valence-electron chi connectivity index (χ0n) is 8.32. The zero-order chi connectivity index (χ0) is 9.97. The standard InChI is InChI=1S/C11H14O2Si/c1-14(12)7-6-9-2-4-10(5-3-9)11-8-13-11/h2-5,11H,6-8H2,1H3. The lowest BCUT2D eigenvalue weighted by molar-refractivity contribution is 0.415. The van der Waals surface area contributed by atoms with Gasteiger partial charge in [-0.2, -0.15) is 0 Å². The molecule has 0 bridgehead atoms. The maximum atomic E-state index is 11.0. The van der Waals surface area contributed by atoms with Crippen molar-refractivity contribution >= 4 is 8.68 Å². The van der Waals surface area contributed by atoms with Gasteiger partial charge in [0.15, 0.2) is 0 Å². The monoisotopic (exact) mass is 206 g/mol. The SMILES string of the molecule is C[Si](=O)CCc1ccc(C2CO2)cc1. The molecule has 74 valence electrons. The van der Waals surface area contributed by atoms with Crippen LogP contribution >= 0.6 is 0 Å². The van der Waals surface area contributed by atoms with Gasteiger partial charge in [0.25, 0.3) is 8.68 Å². The Morgan fingerprint density at radius 3 is 2.57 bits per heavy atom. The molecule has 2 rings (SSSR count). The van der Waals surface area contributed by atoms with Crippen LogP contribution in [0, 0.1) is 0 Å². The molecule has 0 N–H and O–H groups in total. The van der Waals surface area contributed by atoms with Gasteiger partial charge in [-0.15, -0.1) is 0 Å². The highest BCUT2D eigenvalue weighted by atomic mass is 28.3. The van der Waals surface area contributed by atoms with Gasteiger partial charge >= 0.3 is 0 Å². The average Bonchev–Trinajstić information content (AvgIpc) is 2.99. The van der Waals surface area contributed by atoms with Gasteiger partial charge < -0.3 is 9.20 Å². The Balaban J connectivity index is 1.95. The zero-order valence-corrected chi connectivity index (χ0v) is 9.32. The van der Waals surface area contributed by atoms with Crippen LogP contribution in [-0.4, -0.2) is 15.3 Å². The van der Waals surface area contributed by atoms with Crippen LogP contribution in [0.15, 0.2) is 24.3 Å². The average molecular weight is 206 g/mol. The van der Waals surface area contributed by atoms with E-state index in [1.165, 1.54) is 11.1 Å². The van der Waals surface area contributed by atoms with Crippen molar-refractivity contribution in [3.8, 4) is 0 Å². The molecule has 3 heteroatoms. The van der Waals surface area contributed by atoms with Gasteiger partial charge in [0.1, 0.15) is 6.10 Å². The summed E-state index contributed by atoms with van der Waals surface area (Å²) in [5.41, 5.74) is 2.53. The summed E-state index contributed by atoms with van der Waals surface area (Å²) in [6.45, 7) is 2.68. The number of aryl methyl sites for hydroxylation is 1. The van der Waals surface area contributed by atoms with Gasteiger partial charge in [-0.3, -0.25) is 0 Å². The molecule has 1 unspecified atom stereocenters. The molecule has 0 amide bonds. The molecule has 0 saturated carbocycles. The van der Waals surface area contributed by atoms with E-state index in [4.69, 9.17) is 4.74 Å². The molecular weight excluding hydrogens is 192 g/mol. The fraction of sp³-hybridized carbons (Fsp3) is 0.455. The highest BCUT2D eigenvalue weighted by Crippen LogP contribution is 2.29. The predicted octanol–water partition coefficient (Wildman–Crippen LogP) is 2.35. The third-order valence-electron chi connectivity index (χ3n) is 2.45. The number of epoxide rings is 1. The van der Waals surface area contributed by atoms with Crippen LogP contribution in [0.1, 0.15) is 17.2 Å². The van der Waals surface area contributed by atoms with E-state index < -0.39 is 8.68 Å². The molecule has 1 saturated heterocycles. The highest BCUT2D eigenvalue weighted by Gasteiger charge is 2.24. The van der Waals surface area contributed by atoms with Crippen molar-refractivity contribution in [2.24, 2.45) is 0 Å². The Morgan fingerprint density at radius 2 is 2.07 bits per heavy atom. The maximum absolute atomic E-state index is 11.0. The minimum atomic E-state index is -1.32. The van der Waals surface area contributed by atoms with Gasteiger partial charge in [-0.1, -0.05) is 24.3 Å². The second-order valence-corrected chi connectivity index (χ2v) is 5.67.